The molecule has 3 aliphatic rings. The first kappa shape index (κ1) is 30.2. The lowest BCUT2D eigenvalue weighted by atomic mass is 10.0. The van der Waals surface area contributed by atoms with Gasteiger partial charge in [-0.25, -0.2) is 22.6 Å². The number of aromatic nitrogens is 2. The average Bonchev–Trinajstić information content (AvgIpc) is 3.44. The lowest BCUT2D eigenvalue weighted by molar-refractivity contribution is -0.0366. The number of halogens is 3. The van der Waals surface area contributed by atoms with Crippen LogP contribution < -0.4 is 14.4 Å². The van der Waals surface area contributed by atoms with Gasteiger partial charge in [0.05, 0.1) is 41.9 Å². The van der Waals surface area contributed by atoms with Gasteiger partial charge in [-0.15, -0.1) is 0 Å². The summed E-state index contributed by atoms with van der Waals surface area (Å²) in [7, 11) is 0. The minimum atomic E-state index is -0.889. The second kappa shape index (κ2) is 11.7. The minimum Gasteiger partial charge on any atom is -0.488 e. The van der Waals surface area contributed by atoms with Crippen LogP contribution in [0.5, 0.6) is 11.5 Å². The van der Waals surface area contributed by atoms with Gasteiger partial charge in [-0.3, -0.25) is 0 Å². The molecular weight excluding hydrogens is 601 g/mol. The molecule has 4 heterocycles. The van der Waals surface area contributed by atoms with E-state index in [2.05, 4.69) is 5.10 Å². The van der Waals surface area contributed by atoms with Gasteiger partial charge in [0, 0.05) is 24.4 Å². The Hall–Kier alpha value is -4.45. The van der Waals surface area contributed by atoms with Crippen molar-refractivity contribution in [1.82, 2.24) is 14.7 Å². The summed E-state index contributed by atoms with van der Waals surface area (Å²) in [5.74, 6) is -2.17. The molecule has 2 fully saturated rings. The highest BCUT2D eigenvalue weighted by molar-refractivity contribution is 5.93. The molecule has 12 heteroatoms. The smallest absolute Gasteiger partial charge is 0.410 e. The fraction of sp³-hybridized carbons (Fsp3) is 0.412. The van der Waals surface area contributed by atoms with E-state index in [1.54, 1.807) is 44.0 Å². The quantitative estimate of drug-likeness (QED) is 0.226. The van der Waals surface area contributed by atoms with E-state index in [1.165, 1.54) is 29.2 Å². The highest BCUT2D eigenvalue weighted by Gasteiger charge is 2.37. The predicted octanol–water partition coefficient (Wildman–Crippen LogP) is 7.42. The SMILES string of the molecule is CC(C)(C)OC(=O)N1CC(Oc2c(F)cc(N3c4ccc5c(cnn5C5CCCCO5)c4OC[C@H]3c3ccc(F)cc3)cc2F)C1. The maximum absolute atomic E-state index is 15.7. The summed E-state index contributed by atoms with van der Waals surface area (Å²) in [5, 5.41) is 5.35. The number of anilines is 2. The number of hydrogen-bond donors (Lipinski definition) is 0. The van der Waals surface area contributed by atoms with E-state index in [1.807, 2.05) is 16.8 Å². The lowest BCUT2D eigenvalue weighted by Crippen LogP contribution is -2.57. The zero-order valence-corrected chi connectivity index (χ0v) is 25.8. The summed E-state index contributed by atoms with van der Waals surface area (Å²) in [4.78, 5) is 15.5. The van der Waals surface area contributed by atoms with Gasteiger partial charge in [0.15, 0.2) is 29.4 Å². The number of nitrogens with zero attached hydrogens (tertiary/aromatic N) is 4. The van der Waals surface area contributed by atoms with Gasteiger partial charge < -0.3 is 28.7 Å². The molecule has 9 nitrogen and oxygen atoms in total. The highest BCUT2D eigenvalue weighted by Crippen LogP contribution is 2.49. The molecule has 3 aliphatic heterocycles. The molecule has 46 heavy (non-hydrogen) atoms. The van der Waals surface area contributed by atoms with Crippen LogP contribution in [0.15, 0.2) is 54.7 Å². The number of carbonyl (C=O) groups excluding carboxylic acids is 1. The highest BCUT2D eigenvalue weighted by atomic mass is 19.1. The Bertz CT molecular complexity index is 1740. The Morgan fingerprint density at radius 2 is 1.74 bits per heavy atom. The molecule has 1 aromatic heterocycles. The Kier molecular flexibility index (Phi) is 7.70. The van der Waals surface area contributed by atoms with Crippen molar-refractivity contribution in [3.8, 4) is 11.5 Å². The van der Waals surface area contributed by atoms with Gasteiger partial charge >= 0.3 is 6.09 Å². The van der Waals surface area contributed by atoms with Gasteiger partial charge in [-0.1, -0.05) is 12.1 Å². The zero-order valence-electron chi connectivity index (χ0n) is 25.8. The first-order valence-corrected chi connectivity index (χ1v) is 15.5. The van der Waals surface area contributed by atoms with Crippen molar-refractivity contribution in [1.29, 1.82) is 0 Å². The van der Waals surface area contributed by atoms with Crippen LogP contribution in [-0.4, -0.2) is 58.8 Å². The van der Waals surface area contributed by atoms with E-state index in [0.717, 1.165) is 30.2 Å². The lowest BCUT2D eigenvalue weighted by Gasteiger charge is -2.40. The van der Waals surface area contributed by atoms with Crippen molar-refractivity contribution >= 4 is 28.4 Å². The van der Waals surface area contributed by atoms with Crippen molar-refractivity contribution in [3.05, 3.63) is 77.7 Å². The number of fused-ring (bicyclic) bond motifs is 3. The molecule has 7 rings (SSSR count). The summed E-state index contributed by atoms with van der Waals surface area (Å²) in [5.41, 5.74) is 1.69. The third kappa shape index (κ3) is 5.70. The minimum absolute atomic E-state index is 0.132. The number of hydrogen-bond acceptors (Lipinski definition) is 7. The first-order valence-electron chi connectivity index (χ1n) is 15.5. The Balaban J connectivity index is 1.21. The summed E-state index contributed by atoms with van der Waals surface area (Å²) in [6.45, 7) is 6.39. The van der Waals surface area contributed by atoms with Crippen molar-refractivity contribution < 1.29 is 36.9 Å². The van der Waals surface area contributed by atoms with Crippen LogP contribution >= 0.6 is 0 Å². The fourth-order valence-corrected chi connectivity index (χ4v) is 6.18. The van der Waals surface area contributed by atoms with Crippen LogP contribution in [0.4, 0.5) is 29.3 Å². The maximum atomic E-state index is 15.7. The Labute approximate surface area is 264 Å². The summed E-state index contributed by atoms with van der Waals surface area (Å²) >= 11 is 0. The molecule has 4 aromatic rings. The summed E-state index contributed by atoms with van der Waals surface area (Å²) < 4.78 is 70.4. The van der Waals surface area contributed by atoms with Crippen LogP contribution in [0.25, 0.3) is 10.9 Å². The molecule has 3 aromatic carbocycles. The second-order valence-corrected chi connectivity index (χ2v) is 12.9. The summed E-state index contributed by atoms with van der Waals surface area (Å²) in [6.07, 6.45) is 3.35. The summed E-state index contributed by atoms with van der Waals surface area (Å²) in [6, 6.07) is 11.6. The van der Waals surface area contributed by atoms with Crippen LogP contribution in [0.3, 0.4) is 0 Å². The van der Waals surface area contributed by atoms with Crippen LogP contribution in [0, 0.1) is 17.5 Å². The molecule has 1 unspecified atom stereocenters. The number of rotatable bonds is 5. The molecule has 0 aliphatic carbocycles. The molecule has 0 bridgehead atoms. The van der Waals surface area contributed by atoms with E-state index in [0.29, 0.717) is 23.6 Å². The zero-order chi connectivity index (χ0) is 32.2. The van der Waals surface area contributed by atoms with E-state index < -0.39 is 47.0 Å². The monoisotopic (exact) mass is 636 g/mol. The maximum Gasteiger partial charge on any atom is 0.410 e. The fourth-order valence-electron chi connectivity index (χ4n) is 6.18. The Morgan fingerprint density at radius 1 is 1.00 bits per heavy atom. The standard InChI is InChI=1S/C34H35F3N4O5/c1-34(2,3)46-33(42)39-17-23(18-39)45-32-25(36)14-22(15-26(32)37)40-28-12-11-27-24(16-38-41(27)30-6-4-5-13-43-30)31(28)44-19-29(40)20-7-9-21(35)10-8-20/h7-12,14-16,23,29-30H,4-6,13,17-19H2,1-3H3/t29-,30?/m0/s1. The average molecular weight is 637 g/mol. The first-order chi connectivity index (χ1) is 22.1. The molecule has 242 valence electrons. The van der Waals surface area contributed by atoms with Crippen LogP contribution in [-0.2, 0) is 9.47 Å². The number of benzene rings is 3. The molecule has 0 radical (unpaired) electrons. The van der Waals surface area contributed by atoms with E-state index in [4.69, 9.17) is 18.9 Å². The molecule has 0 saturated carbocycles. The number of amides is 1. The van der Waals surface area contributed by atoms with Crippen molar-refractivity contribution in [2.45, 2.75) is 64.0 Å². The Morgan fingerprint density at radius 3 is 2.41 bits per heavy atom. The topological polar surface area (TPSA) is 78.3 Å². The van der Waals surface area contributed by atoms with Crippen LogP contribution in [0.1, 0.15) is 57.9 Å². The third-order valence-corrected chi connectivity index (χ3v) is 8.40. The van der Waals surface area contributed by atoms with Crippen molar-refractivity contribution in [3.63, 3.8) is 0 Å². The predicted molar refractivity (Wildman–Crippen MR) is 164 cm³/mol. The van der Waals surface area contributed by atoms with Crippen molar-refractivity contribution in [2.24, 2.45) is 0 Å². The molecule has 2 saturated heterocycles. The van der Waals surface area contributed by atoms with Gasteiger partial charge in [0.25, 0.3) is 0 Å². The number of likely N-dealkylation sites (tertiary alicyclic amines) is 1. The van der Waals surface area contributed by atoms with Gasteiger partial charge in [-0.05, 0) is 69.9 Å². The van der Waals surface area contributed by atoms with Gasteiger partial charge in [-0.2, -0.15) is 5.10 Å². The molecule has 2 atom stereocenters. The van der Waals surface area contributed by atoms with Gasteiger partial charge in [0.2, 0.25) is 0 Å². The van der Waals surface area contributed by atoms with Crippen molar-refractivity contribution in [2.75, 3.05) is 31.2 Å². The van der Waals surface area contributed by atoms with E-state index in [9.17, 15) is 9.18 Å². The molecular formula is C34H35F3N4O5. The second-order valence-electron chi connectivity index (χ2n) is 12.9. The molecule has 0 N–H and O–H groups in total. The number of carbonyl (C=O) groups is 1. The van der Waals surface area contributed by atoms with Crippen LogP contribution in [0.2, 0.25) is 0 Å². The normalized spacial score (nSPS) is 20.2. The van der Waals surface area contributed by atoms with E-state index >= 15 is 8.78 Å². The number of ether oxygens (including phenoxy) is 4. The van der Waals surface area contributed by atoms with E-state index in [-0.39, 0.29) is 31.6 Å². The molecule has 1 amide bonds. The molecule has 0 spiro atoms. The largest absolute Gasteiger partial charge is 0.488 e. The third-order valence-electron chi connectivity index (χ3n) is 8.40. The van der Waals surface area contributed by atoms with Gasteiger partial charge in [0.1, 0.15) is 24.1 Å².